The van der Waals surface area contributed by atoms with Crippen LogP contribution in [0.2, 0.25) is 0 Å². The molecule has 0 radical (unpaired) electrons. The van der Waals surface area contributed by atoms with E-state index < -0.39 is 0 Å². The lowest BCUT2D eigenvalue weighted by atomic mass is 10.0. The molecule has 0 unspecified atom stereocenters. The second-order valence-corrected chi connectivity index (χ2v) is 6.32. The van der Waals surface area contributed by atoms with Crippen LogP contribution < -0.4 is 9.47 Å². The maximum absolute atomic E-state index is 9.42. The molecular weight excluding hydrogens is 326 g/mol. The minimum atomic E-state index is 0.523. The highest BCUT2D eigenvalue weighted by molar-refractivity contribution is 6.12. The van der Waals surface area contributed by atoms with Crippen LogP contribution >= 0.6 is 0 Å². The zero-order valence-electron chi connectivity index (χ0n) is 15.8. The van der Waals surface area contributed by atoms with E-state index >= 15 is 0 Å². The first-order chi connectivity index (χ1) is 12.8. The van der Waals surface area contributed by atoms with Gasteiger partial charge in [-0.05, 0) is 55.0 Å². The van der Waals surface area contributed by atoms with Crippen molar-refractivity contribution in [2.75, 3.05) is 13.7 Å². The Bertz CT molecular complexity index is 663. The van der Waals surface area contributed by atoms with Crippen LogP contribution in [0.1, 0.15) is 56.6 Å². The molecule has 26 heavy (non-hydrogen) atoms. The molecule has 2 aromatic carbocycles. The topological polar surface area (TPSA) is 51.0 Å². The Labute approximate surface area is 156 Å². The number of rotatable bonds is 11. The number of hydrogen-bond acceptors (Lipinski definition) is 4. The van der Waals surface area contributed by atoms with E-state index in [1.165, 1.54) is 32.1 Å². The predicted molar refractivity (Wildman–Crippen MR) is 106 cm³/mol. The van der Waals surface area contributed by atoms with Gasteiger partial charge in [-0.25, -0.2) is 0 Å². The van der Waals surface area contributed by atoms with Crippen molar-refractivity contribution in [3.05, 3.63) is 59.7 Å². The van der Waals surface area contributed by atoms with Crippen LogP contribution in [0.25, 0.3) is 0 Å². The standard InChI is InChI=1S/C22H29NO3/c1-3-4-5-6-7-8-17-26-21-15-11-19(12-16-21)22(23-24)18-9-13-20(25-2)14-10-18/h9-16,24H,3-8,17H2,1-2H3/b23-22+. The van der Waals surface area contributed by atoms with Gasteiger partial charge in [-0.2, -0.15) is 0 Å². The Balaban J connectivity index is 1.86. The van der Waals surface area contributed by atoms with Crippen LogP contribution in [0, 0.1) is 0 Å². The van der Waals surface area contributed by atoms with Crippen molar-refractivity contribution in [1.82, 2.24) is 0 Å². The molecule has 2 rings (SSSR count). The first-order valence-electron chi connectivity index (χ1n) is 9.38. The van der Waals surface area contributed by atoms with Gasteiger partial charge in [0.1, 0.15) is 17.2 Å². The largest absolute Gasteiger partial charge is 0.497 e. The van der Waals surface area contributed by atoms with Gasteiger partial charge < -0.3 is 14.7 Å². The summed E-state index contributed by atoms with van der Waals surface area (Å²) in [5, 5.41) is 12.9. The Morgan fingerprint density at radius 3 is 1.88 bits per heavy atom. The highest BCUT2D eigenvalue weighted by Crippen LogP contribution is 2.19. The summed E-state index contributed by atoms with van der Waals surface area (Å²) >= 11 is 0. The van der Waals surface area contributed by atoms with Gasteiger partial charge in [0, 0.05) is 11.1 Å². The van der Waals surface area contributed by atoms with E-state index in [0.717, 1.165) is 35.7 Å². The third-order valence-corrected chi connectivity index (χ3v) is 4.36. The molecule has 0 heterocycles. The molecular formula is C22H29NO3. The molecule has 4 heteroatoms. The summed E-state index contributed by atoms with van der Waals surface area (Å²) < 4.78 is 11.0. The number of benzene rings is 2. The highest BCUT2D eigenvalue weighted by atomic mass is 16.5. The molecule has 0 aliphatic heterocycles. The molecule has 0 atom stereocenters. The van der Waals surface area contributed by atoms with Gasteiger partial charge >= 0.3 is 0 Å². The molecule has 0 spiro atoms. The molecule has 1 N–H and O–H groups in total. The van der Waals surface area contributed by atoms with E-state index in [-0.39, 0.29) is 0 Å². The summed E-state index contributed by atoms with van der Waals surface area (Å²) in [6.45, 7) is 2.97. The minimum absolute atomic E-state index is 0.523. The van der Waals surface area contributed by atoms with Crippen LogP contribution in [-0.4, -0.2) is 24.6 Å². The monoisotopic (exact) mass is 355 g/mol. The molecule has 0 bridgehead atoms. The lowest BCUT2D eigenvalue weighted by molar-refractivity contribution is 0.304. The first kappa shape index (κ1) is 19.8. The molecule has 140 valence electrons. The fourth-order valence-corrected chi connectivity index (χ4v) is 2.81. The smallest absolute Gasteiger partial charge is 0.119 e. The van der Waals surface area contributed by atoms with Crippen molar-refractivity contribution >= 4 is 5.71 Å². The normalized spacial score (nSPS) is 11.4. The molecule has 0 fully saturated rings. The van der Waals surface area contributed by atoms with E-state index in [4.69, 9.17) is 9.47 Å². The number of nitrogens with zero attached hydrogens (tertiary/aromatic N) is 1. The van der Waals surface area contributed by atoms with Crippen LogP contribution in [0.3, 0.4) is 0 Å². The number of oxime groups is 1. The molecule has 2 aromatic rings. The van der Waals surface area contributed by atoms with Crippen molar-refractivity contribution in [2.45, 2.75) is 45.4 Å². The zero-order chi connectivity index (χ0) is 18.6. The van der Waals surface area contributed by atoms with E-state index in [1.54, 1.807) is 7.11 Å². The van der Waals surface area contributed by atoms with E-state index in [1.807, 2.05) is 48.5 Å². The van der Waals surface area contributed by atoms with Crippen molar-refractivity contribution in [1.29, 1.82) is 0 Å². The Kier molecular flexibility index (Phi) is 8.53. The van der Waals surface area contributed by atoms with Crippen molar-refractivity contribution in [2.24, 2.45) is 5.16 Å². The average Bonchev–Trinajstić information content (AvgIpc) is 2.69. The minimum Gasteiger partial charge on any atom is -0.497 e. The van der Waals surface area contributed by atoms with Crippen molar-refractivity contribution in [3.8, 4) is 11.5 Å². The van der Waals surface area contributed by atoms with Gasteiger partial charge in [0.15, 0.2) is 0 Å². The summed E-state index contributed by atoms with van der Waals surface area (Å²) in [5.74, 6) is 1.61. The maximum atomic E-state index is 9.42. The van der Waals surface area contributed by atoms with Crippen molar-refractivity contribution < 1.29 is 14.7 Å². The number of hydrogen-bond donors (Lipinski definition) is 1. The third-order valence-electron chi connectivity index (χ3n) is 4.36. The first-order valence-corrected chi connectivity index (χ1v) is 9.38. The van der Waals surface area contributed by atoms with Gasteiger partial charge in [0.25, 0.3) is 0 Å². The Hall–Kier alpha value is -2.49. The van der Waals surface area contributed by atoms with Crippen LogP contribution in [-0.2, 0) is 0 Å². The quantitative estimate of drug-likeness (QED) is 0.245. The molecule has 4 nitrogen and oxygen atoms in total. The van der Waals surface area contributed by atoms with Gasteiger partial charge in [-0.15, -0.1) is 0 Å². The number of ether oxygens (including phenoxy) is 2. The van der Waals surface area contributed by atoms with E-state index in [2.05, 4.69) is 12.1 Å². The van der Waals surface area contributed by atoms with Gasteiger partial charge in [0.05, 0.1) is 13.7 Å². The van der Waals surface area contributed by atoms with Gasteiger partial charge in [0.2, 0.25) is 0 Å². The fraction of sp³-hybridized carbons (Fsp3) is 0.409. The predicted octanol–water partition coefficient (Wildman–Crippen LogP) is 5.66. The molecule has 0 aliphatic rings. The lowest BCUT2D eigenvalue weighted by Gasteiger charge is -2.09. The van der Waals surface area contributed by atoms with Crippen LogP contribution in [0.5, 0.6) is 11.5 Å². The second kappa shape index (κ2) is 11.2. The summed E-state index contributed by atoms with van der Waals surface area (Å²) in [6.07, 6.45) is 7.51. The van der Waals surface area contributed by atoms with E-state index in [9.17, 15) is 5.21 Å². The van der Waals surface area contributed by atoms with E-state index in [0.29, 0.717) is 5.71 Å². The maximum Gasteiger partial charge on any atom is 0.119 e. The lowest BCUT2D eigenvalue weighted by Crippen LogP contribution is -2.04. The van der Waals surface area contributed by atoms with Gasteiger partial charge in [-0.1, -0.05) is 44.2 Å². The average molecular weight is 355 g/mol. The molecule has 0 amide bonds. The highest BCUT2D eigenvalue weighted by Gasteiger charge is 2.08. The summed E-state index contributed by atoms with van der Waals surface area (Å²) in [6, 6.07) is 15.1. The van der Waals surface area contributed by atoms with Crippen LogP contribution in [0.15, 0.2) is 53.7 Å². The van der Waals surface area contributed by atoms with Gasteiger partial charge in [-0.3, -0.25) is 0 Å². The SMILES string of the molecule is CCCCCCCCOc1ccc(/C(=N/O)c2ccc(OC)cc2)cc1. The third kappa shape index (κ3) is 6.10. The van der Waals surface area contributed by atoms with Crippen LogP contribution in [0.4, 0.5) is 0 Å². The summed E-state index contributed by atoms with van der Waals surface area (Å²) in [5.41, 5.74) is 2.19. The second-order valence-electron chi connectivity index (χ2n) is 6.32. The molecule has 0 saturated carbocycles. The Morgan fingerprint density at radius 2 is 1.35 bits per heavy atom. The number of unbranched alkanes of at least 4 members (excludes halogenated alkanes) is 5. The molecule has 0 saturated heterocycles. The van der Waals surface area contributed by atoms with Crippen molar-refractivity contribution in [3.63, 3.8) is 0 Å². The Morgan fingerprint density at radius 1 is 0.808 bits per heavy atom. The fourth-order valence-electron chi connectivity index (χ4n) is 2.81. The summed E-state index contributed by atoms with van der Waals surface area (Å²) in [4.78, 5) is 0. The molecule has 0 aliphatic carbocycles. The number of methoxy groups -OCH3 is 1. The zero-order valence-corrected chi connectivity index (χ0v) is 15.8. The molecule has 0 aromatic heterocycles. The summed E-state index contributed by atoms with van der Waals surface area (Å²) in [7, 11) is 1.62.